The highest BCUT2D eigenvalue weighted by Gasteiger charge is 2.10. The van der Waals surface area contributed by atoms with Crippen LogP contribution in [0.1, 0.15) is 5.01 Å². The van der Waals surface area contributed by atoms with Crippen LogP contribution in [-0.2, 0) is 0 Å². The number of hydrazone groups is 1. The molecule has 2 aromatic carbocycles. The minimum absolute atomic E-state index is 0.109. The maximum Gasteiger partial charge on any atom is 0.196 e. The van der Waals surface area contributed by atoms with Crippen LogP contribution in [0.5, 0.6) is 0 Å². The molecule has 1 N–H and O–H groups in total. The van der Waals surface area contributed by atoms with E-state index in [2.05, 4.69) is 15.5 Å². The summed E-state index contributed by atoms with van der Waals surface area (Å²) in [6.07, 6.45) is 0. The molecule has 3 rings (SSSR count). The molecule has 0 fully saturated rings. The molecule has 1 heterocycles. The van der Waals surface area contributed by atoms with Gasteiger partial charge in [0.25, 0.3) is 0 Å². The molecule has 0 aliphatic carbocycles. The predicted molar refractivity (Wildman–Crippen MR) is 89.7 cm³/mol. The Kier molecular flexibility index (Phi) is 4.59. The van der Waals surface area contributed by atoms with Crippen LogP contribution < -0.4 is 5.43 Å². The molecule has 0 bridgehead atoms. The number of hydrogen-bond acceptors (Lipinski definition) is 5. The first-order valence-electron chi connectivity index (χ1n) is 6.87. The number of halogens is 2. The fourth-order valence-corrected chi connectivity index (χ4v) is 2.67. The van der Waals surface area contributed by atoms with Crippen molar-refractivity contribution < 1.29 is 8.78 Å². The Balaban J connectivity index is 1.81. The molecule has 7 heteroatoms. The second kappa shape index (κ2) is 6.98. The molecule has 118 valence electrons. The third kappa shape index (κ3) is 3.62. The van der Waals surface area contributed by atoms with Gasteiger partial charge in [0.1, 0.15) is 17.7 Å². The number of thiazole rings is 1. The zero-order valence-corrected chi connectivity index (χ0v) is 13.0. The van der Waals surface area contributed by atoms with E-state index in [4.69, 9.17) is 0 Å². The topological polar surface area (TPSA) is 61.1 Å². The first-order chi connectivity index (χ1) is 11.7. The molecule has 0 atom stereocenters. The van der Waals surface area contributed by atoms with Crippen molar-refractivity contribution in [3.05, 3.63) is 70.6 Å². The Morgan fingerprint density at radius 1 is 1.04 bits per heavy atom. The molecule has 0 saturated heterocycles. The van der Waals surface area contributed by atoms with Crippen LogP contribution in [-0.4, -0.2) is 10.7 Å². The summed E-state index contributed by atoms with van der Waals surface area (Å²) < 4.78 is 25.8. The first-order valence-corrected chi connectivity index (χ1v) is 7.75. The number of benzene rings is 2. The van der Waals surface area contributed by atoms with Gasteiger partial charge in [-0.05, 0) is 48.5 Å². The standard InChI is InChI=1S/C17H10F2N4S/c18-12-3-1-11(2-4-12)16-10-24-17(21-16)15(9-20)23-22-14-7-5-13(19)6-8-14/h1-8,10,22H/b23-15-. The molecular weight excluding hydrogens is 330 g/mol. The summed E-state index contributed by atoms with van der Waals surface area (Å²) in [5, 5.41) is 15.5. The fourth-order valence-electron chi connectivity index (χ4n) is 1.90. The maximum absolute atomic E-state index is 13.0. The lowest BCUT2D eigenvalue weighted by Gasteiger charge is -2.00. The normalized spacial score (nSPS) is 11.1. The summed E-state index contributed by atoms with van der Waals surface area (Å²) in [7, 11) is 0. The highest BCUT2D eigenvalue weighted by atomic mass is 32.1. The van der Waals surface area contributed by atoms with E-state index in [1.54, 1.807) is 17.5 Å². The van der Waals surface area contributed by atoms with Gasteiger partial charge in [-0.1, -0.05) is 0 Å². The Morgan fingerprint density at radius 3 is 2.29 bits per heavy atom. The van der Waals surface area contributed by atoms with Crippen LogP contribution >= 0.6 is 11.3 Å². The number of anilines is 1. The Hall–Kier alpha value is -3.11. The van der Waals surface area contributed by atoms with Gasteiger partial charge in [-0.3, -0.25) is 5.43 Å². The summed E-state index contributed by atoms with van der Waals surface area (Å²) in [6.45, 7) is 0. The SMILES string of the molecule is N#C/C(=N/Nc1ccc(F)cc1)c1nc(-c2ccc(F)cc2)cs1. The van der Waals surface area contributed by atoms with Gasteiger partial charge in [-0.25, -0.2) is 13.8 Å². The second-order valence-electron chi connectivity index (χ2n) is 4.74. The van der Waals surface area contributed by atoms with Gasteiger partial charge in [0.05, 0.1) is 11.4 Å². The summed E-state index contributed by atoms with van der Waals surface area (Å²) in [5.41, 5.74) is 4.75. The van der Waals surface area contributed by atoms with E-state index < -0.39 is 0 Å². The zero-order chi connectivity index (χ0) is 16.9. The van der Waals surface area contributed by atoms with E-state index in [1.165, 1.54) is 47.7 Å². The monoisotopic (exact) mass is 340 g/mol. The summed E-state index contributed by atoms with van der Waals surface area (Å²) in [5.74, 6) is -0.675. The average Bonchev–Trinajstić information content (AvgIpc) is 3.08. The van der Waals surface area contributed by atoms with Crippen LogP contribution in [0.15, 0.2) is 59.0 Å². The van der Waals surface area contributed by atoms with E-state index in [-0.39, 0.29) is 17.3 Å². The minimum atomic E-state index is -0.353. The van der Waals surface area contributed by atoms with Crippen molar-refractivity contribution in [3.8, 4) is 17.3 Å². The number of nitrogens with zero attached hydrogens (tertiary/aromatic N) is 3. The average molecular weight is 340 g/mol. The van der Waals surface area contributed by atoms with Crippen LogP contribution in [0, 0.1) is 23.0 Å². The Labute approximate surface area is 140 Å². The molecule has 0 spiro atoms. The number of rotatable bonds is 4. The van der Waals surface area contributed by atoms with Crippen LogP contribution in [0.3, 0.4) is 0 Å². The molecule has 0 aliphatic heterocycles. The maximum atomic E-state index is 13.0. The number of nitriles is 1. The highest BCUT2D eigenvalue weighted by Crippen LogP contribution is 2.22. The first kappa shape index (κ1) is 15.8. The van der Waals surface area contributed by atoms with Crippen LogP contribution in [0.25, 0.3) is 11.3 Å². The van der Waals surface area contributed by atoms with Crippen molar-refractivity contribution in [2.24, 2.45) is 5.10 Å². The van der Waals surface area contributed by atoms with E-state index in [0.717, 1.165) is 5.56 Å². The summed E-state index contributed by atoms with van der Waals surface area (Å²) in [6, 6.07) is 13.5. The van der Waals surface area contributed by atoms with E-state index in [0.29, 0.717) is 16.4 Å². The molecular formula is C17H10F2N4S. The summed E-state index contributed by atoms with van der Waals surface area (Å²) >= 11 is 1.26. The van der Waals surface area contributed by atoms with Gasteiger partial charge in [-0.2, -0.15) is 10.4 Å². The lowest BCUT2D eigenvalue weighted by Crippen LogP contribution is -2.01. The third-order valence-electron chi connectivity index (χ3n) is 3.09. The quantitative estimate of drug-likeness (QED) is 0.564. The molecule has 0 radical (unpaired) electrons. The van der Waals surface area contributed by atoms with Crippen molar-refractivity contribution in [2.45, 2.75) is 0 Å². The van der Waals surface area contributed by atoms with Crippen molar-refractivity contribution in [2.75, 3.05) is 5.43 Å². The lowest BCUT2D eigenvalue weighted by atomic mass is 10.2. The van der Waals surface area contributed by atoms with E-state index in [1.807, 2.05) is 6.07 Å². The molecule has 0 amide bonds. The third-order valence-corrected chi connectivity index (χ3v) is 3.94. The van der Waals surface area contributed by atoms with Crippen molar-refractivity contribution >= 4 is 22.7 Å². The van der Waals surface area contributed by atoms with Gasteiger partial charge >= 0.3 is 0 Å². The molecule has 4 nitrogen and oxygen atoms in total. The number of hydrogen-bond donors (Lipinski definition) is 1. The Morgan fingerprint density at radius 2 is 1.67 bits per heavy atom. The smallest absolute Gasteiger partial charge is 0.196 e. The molecule has 24 heavy (non-hydrogen) atoms. The summed E-state index contributed by atoms with van der Waals surface area (Å²) in [4.78, 5) is 4.35. The van der Waals surface area contributed by atoms with Gasteiger partial charge < -0.3 is 0 Å². The van der Waals surface area contributed by atoms with Gasteiger partial charge in [-0.15, -0.1) is 11.3 Å². The van der Waals surface area contributed by atoms with Crippen molar-refractivity contribution in [1.82, 2.24) is 4.98 Å². The Bertz CT molecular complexity index is 909. The molecule has 3 aromatic rings. The van der Waals surface area contributed by atoms with Gasteiger partial charge in [0.15, 0.2) is 10.7 Å². The second-order valence-corrected chi connectivity index (χ2v) is 5.59. The van der Waals surface area contributed by atoms with E-state index >= 15 is 0 Å². The fraction of sp³-hybridized carbons (Fsp3) is 0. The molecule has 1 aromatic heterocycles. The van der Waals surface area contributed by atoms with Gasteiger partial charge in [0, 0.05) is 10.9 Å². The van der Waals surface area contributed by atoms with Crippen molar-refractivity contribution in [1.29, 1.82) is 5.26 Å². The minimum Gasteiger partial charge on any atom is -0.277 e. The van der Waals surface area contributed by atoms with E-state index in [9.17, 15) is 14.0 Å². The van der Waals surface area contributed by atoms with Crippen molar-refractivity contribution in [3.63, 3.8) is 0 Å². The highest BCUT2D eigenvalue weighted by molar-refractivity contribution is 7.12. The largest absolute Gasteiger partial charge is 0.277 e. The molecule has 0 aliphatic rings. The zero-order valence-electron chi connectivity index (χ0n) is 12.2. The number of nitrogens with one attached hydrogen (secondary N) is 1. The van der Waals surface area contributed by atoms with Crippen LogP contribution in [0.4, 0.5) is 14.5 Å². The molecule has 0 saturated carbocycles. The lowest BCUT2D eigenvalue weighted by molar-refractivity contribution is 0.627. The molecule has 0 unspecified atom stereocenters. The van der Waals surface area contributed by atoms with Gasteiger partial charge in [0.2, 0.25) is 0 Å². The number of aromatic nitrogens is 1. The van der Waals surface area contributed by atoms with Crippen LogP contribution in [0.2, 0.25) is 0 Å². The predicted octanol–water partition coefficient (Wildman–Crippen LogP) is 4.43.